The Bertz CT molecular complexity index is 1010. The Morgan fingerprint density at radius 3 is 2.81 bits per heavy atom. The molecule has 2 aromatic heterocycles. The molecule has 1 atom stereocenters. The number of ether oxygens (including phenoxy) is 2. The van der Waals surface area contributed by atoms with Crippen molar-refractivity contribution in [2.45, 2.75) is 6.92 Å². The quantitative estimate of drug-likeness (QED) is 0.676. The van der Waals surface area contributed by atoms with E-state index in [4.69, 9.17) is 21.1 Å². The van der Waals surface area contributed by atoms with Crippen LogP contribution in [0.1, 0.15) is 6.92 Å². The van der Waals surface area contributed by atoms with E-state index in [0.29, 0.717) is 35.1 Å². The van der Waals surface area contributed by atoms with Crippen LogP contribution in [0, 0.1) is 17.6 Å². The van der Waals surface area contributed by atoms with Crippen LogP contribution >= 0.6 is 11.6 Å². The van der Waals surface area contributed by atoms with Crippen molar-refractivity contribution in [2.24, 2.45) is 10.9 Å². The Morgan fingerprint density at radius 1 is 1.33 bits per heavy atom. The lowest BCUT2D eigenvalue weighted by molar-refractivity contribution is 0.230. The average molecular weight is 393 g/mol. The molecule has 3 aromatic rings. The molecule has 9 heteroatoms. The maximum Gasteiger partial charge on any atom is 0.289 e. The van der Waals surface area contributed by atoms with E-state index in [1.165, 1.54) is 18.5 Å². The van der Waals surface area contributed by atoms with Crippen LogP contribution < -0.4 is 10.1 Å². The third-order valence-corrected chi connectivity index (χ3v) is 4.30. The largest absolute Gasteiger partial charge is 0.465 e. The van der Waals surface area contributed by atoms with Crippen LogP contribution in [0.2, 0.25) is 5.02 Å². The molecule has 6 nitrogen and oxygen atoms in total. The number of nitrogens with one attached hydrogen (secondary N) is 2. The normalized spacial score (nSPS) is 16.7. The van der Waals surface area contributed by atoms with Gasteiger partial charge in [-0.3, -0.25) is 0 Å². The molecule has 0 aliphatic carbocycles. The monoisotopic (exact) mass is 392 g/mol. The number of benzene rings is 1. The number of anilines is 1. The van der Waals surface area contributed by atoms with E-state index in [2.05, 4.69) is 20.3 Å². The van der Waals surface area contributed by atoms with Gasteiger partial charge in [0.25, 0.3) is 6.02 Å². The lowest BCUT2D eigenvalue weighted by atomic mass is 10.2. The maximum absolute atomic E-state index is 14.5. The summed E-state index contributed by atoms with van der Waals surface area (Å²) in [6, 6.07) is 3.94. The van der Waals surface area contributed by atoms with E-state index in [1.807, 2.05) is 6.92 Å². The fourth-order valence-electron chi connectivity index (χ4n) is 2.67. The summed E-state index contributed by atoms with van der Waals surface area (Å²) in [6.45, 7) is 3.08. The van der Waals surface area contributed by atoms with Gasteiger partial charge in [-0.1, -0.05) is 18.5 Å². The summed E-state index contributed by atoms with van der Waals surface area (Å²) in [6.07, 6.45) is 2.98. The first-order chi connectivity index (χ1) is 13.0. The average Bonchev–Trinajstić information content (AvgIpc) is 3.02. The molecule has 0 spiro atoms. The van der Waals surface area contributed by atoms with Crippen LogP contribution in [-0.4, -0.2) is 29.1 Å². The minimum absolute atomic E-state index is 0.171. The lowest BCUT2D eigenvalue weighted by Crippen LogP contribution is -2.26. The number of fused-ring (bicyclic) bond motifs is 1. The number of hydrogen-bond acceptors (Lipinski definition) is 5. The Hall–Kier alpha value is -2.87. The highest BCUT2D eigenvalue weighted by Crippen LogP contribution is 2.36. The van der Waals surface area contributed by atoms with Gasteiger partial charge in [0.2, 0.25) is 0 Å². The predicted octanol–water partition coefficient (Wildman–Crippen LogP) is 4.72. The topological polar surface area (TPSA) is 71.5 Å². The summed E-state index contributed by atoms with van der Waals surface area (Å²) < 4.78 is 39.9. The van der Waals surface area contributed by atoms with Gasteiger partial charge in [0.1, 0.15) is 11.4 Å². The highest BCUT2D eigenvalue weighted by molar-refractivity contribution is 6.36. The number of H-pyrrole nitrogens is 1. The zero-order valence-corrected chi connectivity index (χ0v) is 15.0. The molecular formula is C18H15ClF2N4O2. The lowest BCUT2D eigenvalue weighted by Gasteiger charge is -2.19. The number of halogens is 3. The molecule has 0 radical (unpaired) electrons. The van der Waals surface area contributed by atoms with Gasteiger partial charge >= 0.3 is 0 Å². The van der Waals surface area contributed by atoms with Gasteiger partial charge in [-0.05, 0) is 6.07 Å². The summed E-state index contributed by atoms with van der Waals surface area (Å²) in [5.74, 6) is -1.79. The van der Waals surface area contributed by atoms with E-state index in [-0.39, 0.29) is 17.5 Å². The number of aliphatic imine (C=N–C) groups is 1. The van der Waals surface area contributed by atoms with Crippen molar-refractivity contribution >= 4 is 34.3 Å². The van der Waals surface area contributed by atoms with Gasteiger partial charge in [-0.2, -0.15) is 0 Å². The summed E-state index contributed by atoms with van der Waals surface area (Å²) in [5.41, 5.74) is 0.628. The number of nitrogens with zero attached hydrogens (tertiary/aromatic N) is 2. The number of amidine groups is 1. The van der Waals surface area contributed by atoms with Gasteiger partial charge in [0, 0.05) is 36.1 Å². The molecule has 1 aromatic carbocycles. The molecule has 2 N–H and O–H groups in total. The Balaban J connectivity index is 1.61. The van der Waals surface area contributed by atoms with Gasteiger partial charge in [-0.25, -0.2) is 18.8 Å². The van der Waals surface area contributed by atoms with Crippen molar-refractivity contribution in [2.75, 3.05) is 18.5 Å². The van der Waals surface area contributed by atoms with Gasteiger partial charge < -0.3 is 19.8 Å². The molecule has 1 aliphatic rings. The number of aromatic nitrogens is 2. The molecule has 0 bridgehead atoms. The molecule has 1 aliphatic heterocycles. The van der Waals surface area contributed by atoms with Gasteiger partial charge in [0.15, 0.2) is 17.4 Å². The first kappa shape index (κ1) is 17.5. The molecule has 0 fully saturated rings. The molecule has 0 saturated heterocycles. The number of rotatable bonds is 3. The Kier molecular flexibility index (Phi) is 4.57. The Labute approximate surface area is 158 Å². The van der Waals surface area contributed by atoms with E-state index in [9.17, 15) is 8.78 Å². The summed E-state index contributed by atoms with van der Waals surface area (Å²) >= 11 is 6.09. The number of pyridine rings is 1. The first-order valence-electron chi connectivity index (χ1n) is 8.24. The minimum Gasteiger partial charge on any atom is -0.465 e. The van der Waals surface area contributed by atoms with E-state index in [1.54, 1.807) is 0 Å². The summed E-state index contributed by atoms with van der Waals surface area (Å²) in [7, 11) is 0. The third kappa shape index (κ3) is 3.52. The Morgan fingerprint density at radius 2 is 2.11 bits per heavy atom. The van der Waals surface area contributed by atoms with Gasteiger partial charge in [-0.15, -0.1) is 0 Å². The van der Waals surface area contributed by atoms with Crippen molar-refractivity contribution in [3.63, 3.8) is 0 Å². The predicted molar refractivity (Wildman–Crippen MR) is 98.6 cm³/mol. The molecule has 27 heavy (non-hydrogen) atoms. The fraction of sp³-hybridized carbons (Fsp3) is 0.222. The molecule has 4 rings (SSSR count). The maximum atomic E-state index is 14.5. The summed E-state index contributed by atoms with van der Waals surface area (Å²) in [5, 5.41) is 3.55. The third-order valence-electron chi connectivity index (χ3n) is 4.00. The van der Waals surface area contributed by atoms with E-state index >= 15 is 0 Å². The second-order valence-electron chi connectivity index (χ2n) is 6.23. The first-order valence-corrected chi connectivity index (χ1v) is 8.62. The van der Waals surface area contributed by atoms with E-state index in [0.717, 1.165) is 12.1 Å². The highest BCUT2D eigenvalue weighted by atomic mass is 35.5. The number of hydrogen-bond donors (Lipinski definition) is 2. The fourth-order valence-corrected chi connectivity index (χ4v) is 2.91. The van der Waals surface area contributed by atoms with Crippen molar-refractivity contribution in [1.29, 1.82) is 0 Å². The SMILES string of the molecule is CC1CN=C(Nc2cc(F)c(Oc3ccnc4[nH]cc(Cl)c34)c(F)c2)OC1. The molecule has 140 valence electrons. The van der Waals surface area contributed by atoms with Crippen LogP contribution in [0.15, 0.2) is 35.6 Å². The molecule has 0 amide bonds. The zero-order chi connectivity index (χ0) is 19.0. The number of aromatic amines is 1. The second kappa shape index (κ2) is 7.03. The summed E-state index contributed by atoms with van der Waals surface area (Å²) in [4.78, 5) is 11.1. The second-order valence-corrected chi connectivity index (χ2v) is 6.63. The smallest absolute Gasteiger partial charge is 0.289 e. The molecule has 1 unspecified atom stereocenters. The van der Waals surface area contributed by atoms with Crippen LogP contribution in [0.3, 0.4) is 0 Å². The standard InChI is InChI=1S/C18H15ClF2N4O2/c1-9-6-24-18(26-8-9)25-10-4-12(20)16(13(21)5-10)27-14-2-3-22-17-15(14)11(19)7-23-17/h2-5,7,9H,6,8H2,1H3,(H,22,23)(H,24,25). The molecular weight excluding hydrogens is 378 g/mol. The van der Waals surface area contributed by atoms with E-state index < -0.39 is 17.4 Å². The zero-order valence-electron chi connectivity index (χ0n) is 14.2. The minimum atomic E-state index is -0.876. The van der Waals surface area contributed by atoms with Crippen LogP contribution in [0.25, 0.3) is 11.0 Å². The molecule has 3 heterocycles. The van der Waals surface area contributed by atoms with Crippen LogP contribution in [0.5, 0.6) is 11.5 Å². The van der Waals surface area contributed by atoms with Crippen molar-refractivity contribution in [1.82, 2.24) is 9.97 Å². The highest BCUT2D eigenvalue weighted by Gasteiger charge is 2.19. The van der Waals surface area contributed by atoms with Crippen molar-refractivity contribution in [3.05, 3.63) is 47.2 Å². The molecule has 0 saturated carbocycles. The van der Waals surface area contributed by atoms with Crippen molar-refractivity contribution in [3.8, 4) is 11.5 Å². The van der Waals surface area contributed by atoms with Crippen LogP contribution in [0.4, 0.5) is 14.5 Å². The van der Waals surface area contributed by atoms with Gasteiger partial charge in [0.05, 0.1) is 23.6 Å². The van der Waals surface area contributed by atoms with Crippen LogP contribution in [-0.2, 0) is 4.74 Å². The van der Waals surface area contributed by atoms with Crippen molar-refractivity contribution < 1.29 is 18.3 Å².